The van der Waals surface area contributed by atoms with E-state index in [0.717, 1.165) is 11.5 Å². The quantitative estimate of drug-likeness (QED) is 0.617. The Bertz CT molecular complexity index is 979. The molecule has 0 spiro atoms. The van der Waals surface area contributed by atoms with Crippen LogP contribution in [0.15, 0.2) is 21.2 Å². The van der Waals surface area contributed by atoms with Gasteiger partial charge in [-0.05, 0) is 38.8 Å². The summed E-state index contributed by atoms with van der Waals surface area (Å²) in [6.07, 6.45) is -3.45. The van der Waals surface area contributed by atoms with E-state index < -0.39 is 12.1 Å². The Kier molecular flexibility index (Phi) is 5.30. The lowest BCUT2D eigenvalue weighted by atomic mass is 10.0. The zero-order chi connectivity index (χ0) is 20.5. The number of aromatic hydroxyl groups is 1. The molecule has 10 heteroatoms. The molecule has 3 aromatic rings. The average molecular weight is 397 g/mol. The maximum absolute atomic E-state index is 12.6. The van der Waals surface area contributed by atoms with Crippen LogP contribution in [0, 0.1) is 20.8 Å². The SMILES string of the molecule is Cc1cc(CCCOc2c(C)cc(-c3noc(C(F)(F)F)n3)c(O)c2C)on1. The fraction of sp³-hybridized carbons (Fsp3) is 0.389. The van der Waals surface area contributed by atoms with Crippen LogP contribution in [0.25, 0.3) is 11.4 Å². The maximum Gasteiger partial charge on any atom is 0.471 e. The van der Waals surface area contributed by atoms with E-state index in [2.05, 4.69) is 19.8 Å². The third kappa shape index (κ3) is 4.10. The lowest BCUT2D eigenvalue weighted by Crippen LogP contribution is -2.05. The van der Waals surface area contributed by atoms with Gasteiger partial charge < -0.3 is 18.9 Å². The molecule has 1 N–H and O–H groups in total. The van der Waals surface area contributed by atoms with Gasteiger partial charge >= 0.3 is 12.1 Å². The van der Waals surface area contributed by atoms with Crippen molar-refractivity contribution in [3.05, 3.63) is 40.6 Å². The van der Waals surface area contributed by atoms with Gasteiger partial charge in [-0.2, -0.15) is 18.2 Å². The summed E-state index contributed by atoms with van der Waals surface area (Å²) >= 11 is 0. The molecule has 3 rings (SSSR count). The second-order valence-electron chi connectivity index (χ2n) is 6.35. The minimum Gasteiger partial charge on any atom is -0.507 e. The van der Waals surface area contributed by atoms with Crippen LogP contribution in [0.2, 0.25) is 0 Å². The summed E-state index contributed by atoms with van der Waals surface area (Å²) in [4.78, 5) is 3.32. The van der Waals surface area contributed by atoms with E-state index in [0.29, 0.717) is 36.3 Å². The molecule has 7 nitrogen and oxygen atoms in total. The van der Waals surface area contributed by atoms with Crippen molar-refractivity contribution in [3.8, 4) is 22.9 Å². The molecule has 0 atom stereocenters. The fourth-order valence-electron chi connectivity index (χ4n) is 2.75. The summed E-state index contributed by atoms with van der Waals surface area (Å²) in [5, 5.41) is 17.5. The van der Waals surface area contributed by atoms with Crippen LogP contribution in [0.4, 0.5) is 13.2 Å². The molecule has 0 aliphatic heterocycles. The van der Waals surface area contributed by atoms with E-state index in [-0.39, 0.29) is 17.1 Å². The van der Waals surface area contributed by atoms with Gasteiger partial charge in [0, 0.05) is 18.1 Å². The molecule has 0 bridgehead atoms. The largest absolute Gasteiger partial charge is 0.507 e. The Morgan fingerprint density at radius 3 is 2.46 bits per heavy atom. The molecule has 0 amide bonds. The first-order valence-electron chi connectivity index (χ1n) is 8.46. The number of phenolic OH excluding ortho intramolecular Hbond substituents is 1. The Morgan fingerprint density at radius 1 is 1.11 bits per heavy atom. The van der Waals surface area contributed by atoms with E-state index in [9.17, 15) is 18.3 Å². The van der Waals surface area contributed by atoms with Gasteiger partial charge in [0.1, 0.15) is 17.3 Å². The third-order valence-corrected chi connectivity index (χ3v) is 4.07. The molecular formula is C18H18F3N3O4. The van der Waals surface area contributed by atoms with Crippen LogP contribution in [0.3, 0.4) is 0 Å². The van der Waals surface area contributed by atoms with Crippen molar-refractivity contribution in [1.82, 2.24) is 15.3 Å². The number of aryl methyl sites for hydroxylation is 3. The van der Waals surface area contributed by atoms with Crippen LogP contribution >= 0.6 is 0 Å². The standard InChI is InChI=1S/C18H18F3N3O4/c1-9-7-13(16-22-17(28-24-16)18(19,20)21)14(25)11(3)15(9)26-6-4-5-12-8-10(2)23-27-12/h7-8,25H,4-6H2,1-3H3. The second kappa shape index (κ2) is 7.53. The summed E-state index contributed by atoms with van der Waals surface area (Å²) in [5.41, 5.74) is 1.85. The normalized spacial score (nSPS) is 11.8. The molecule has 0 aliphatic rings. The Hall–Kier alpha value is -3.04. The molecule has 1 aromatic carbocycles. The van der Waals surface area contributed by atoms with E-state index in [1.165, 1.54) is 6.07 Å². The van der Waals surface area contributed by atoms with Crippen molar-refractivity contribution in [1.29, 1.82) is 0 Å². The van der Waals surface area contributed by atoms with Crippen molar-refractivity contribution < 1.29 is 32.1 Å². The number of benzene rings is 1. The smallest absolute Gasteiger partial charge is 0.471 e. The van der Waals surface area contributed by atoms with Gasteiger partial charge in [-0.15, -0.1) is 0 Å². The predicted molar refractivity (Wildman–Crippen MR) is 90.9 cm³/mol. The molecule has 2 aromatic heterocycles. The average Bonchev–Trinajstić information content (AvgIpc) is 3.26. The number of alkyl halides is 3. The predicted octanol–water partition coefficient (Wildman–Crippen LogP) is 4.39. The first-order valence-corrected chi connectivity index (χ1v) is 8.46. The topological polar surface area (TPSA) is 94.4 Å². The number of ether oxygens (including phenoxy) is 1. The fourth-order valence-corrected chi connectivity index (χ4v) is 2.75. The Balaban J connectivity index is 1.74. The lowest BCUT2D eigenvalue weighted by molar-refractivity contribution is -0.159. The van der Waals surface area contributed by atoms with Crippen LogP contribution < -0.4 is 4.74 Å². The second-order valence-corrected chi connectivity index (χ2v) is 6.35. The molecule has 0 radical (unpaired) electrons. The monoisotopic (exact) mass is 397 g/mol. The number of phenols is 1. The van der Waals surface area contributed by atoms with Gasteiger partial charge in [-0.1, -0.05) is 10.3 Å². The molecular weight excluding hydrogens is 379 g/mol. The summed E-state index contributed by atoms with van der Waals surface area (Å²) < 4.78 is 53.1. The van der Waals surface area contributed by atoms with Gasteiger partial charge in [0.25, 0.3) is 0 Å². The molecule has 0 saturated heterocycles. The first-order chi connectivity index (χ1) is 13.2. The number of hydrogen-bond donors (Lipinski definition) is 1. The van der Waals surface area contributed by atoms with Gasteiger partial charge in [0.05, 0.1) is 17.9 Å². The van der Waals surface area contributed by atoms with Crippen LogP contribution in [-0.4, -0.2) is 27.0 Å². The first kappa shape index (κ1) is 19.7. The third-order valence-electron chi connectivity index (χ3n) is 4.07. The van der Waals surface area contributed by atoms with E-state index >= 15 is 0 Å². The van der Waals surface area contributed by atoms with Crippen molar-refractivity contribution in [3.63, 3.8) is 0 Å². The summed E-state index contributed by atoms with van der Waals surface area (Å²) in [6, 6.07) is 3.31. The zero-order valence-electron chi connectivity index (χ0n) is 15.4. The highest BCUT2D eigenvalue weighted by molar-refractivity contribution is 5.70. The number of rotatable bonds is 6. The molecule has 0 aliphatic carbocycles. The van der Waals surface area contributed by atoms with Crippen LogP contribution in [-0.2, 0) is 12.6 Å². The summed E-state index contributed by atoms with van der Waals surface area (Å²) in [5.74, 6) is -0.871. The molecule has 2 heterocycles. The van der Waals surface area contributed by atoms with Gasteiger partial charge in [-0.25, -0.2) is 0 Å². The minimum absolute atomic E-state index is 0.0405. The molecule has 0 fully saturated rings. The molecule has 150 valence electrons. The molecule has 0 unspecified atom stereocenters. The van der Waals surface area contributed by atoms with Crippen LogP contribution in [0.1, 0.15) is 34.9 Å². The van der Waals surface area contributed by atoms with E-state index in [4.69, 9.17) is 9.26 Å². The highest BCUT2D eigenvalue weighted by Crippen LogP contribution is 2.39. The van der Waals surface area contributed by atoms with Gasteiger partial charge in [-0.3, -0.25) is 0 Å². The number of hydrogen-bond acceptors (Lipinski definition) is 7. The van der Waals surface area contributed by atoms with E-state index in [1.807, 2.05) is 13.0 Å². The maximum atomic E-state index is 12.6. The van der Waals surface area contributed by atoms with Gasteiger partial charge in [0.15, 0.2) is 0 Å². The highest BCUT2D eigenvalue weighted by atomic mass is 19.4. The summed E-state index contributed by atoms with van der Waals surface area (Å²) in [6.45, 7) is 5.52. The van der Waals surface area contributed by atoms with Crippen molar-refractivity contribution in [2.24, 2.45) is 0 Å². The van der Waals surface area contributed by atoms with Crippen molar-refractivity contribution >= 4 is 0 Å². The Labute approximate surface area is 158 Å². The van der Waals surface area contributed by atoms with E-state index in [1.54, 1.807) is 13.8 Å². The Morgan fingerprint density at radius 2 is 1.86 bits per heavy atom. The van der Waals surface area contributed by atoms with Crippen LogP contribution in [0.5, 0.6) is 11.5 Å². The van der Waals surface area contributed by atoms with Crippen molar-refractivity contribution in [2.45, 2.75) is 39.8 Å². The molecule has 28 heavy (non-hydrogen) atoms. The number of halogens is 3. The lowest BCUT2D eigenvalue weighted by Gasteiger charge is -2.15. The number of aromatic nitrogens is 3. The van der Waals surface area contributed by atoms with Crippen molar-refractivity contribution in [2.75, 3.05) is 6.61 Å². The minimum atomic E-state index is -4.75. The number of nitrogens with zero attached hydrogens (tertiary/aromatic N) is 3. The highest BCUT2D eigenvalue weighted by Gasteiger charge is 2.38. The zero-order valence-corrected chi connectivity index (χ0v) is 15.4. The molecule has 0 saturated carbocycles. The summed E-state index contributed by atoms with van der Waals surface area (Å²) in [7, 11) is 0. The van der Waals surface area contributed by atoms with Gasteiger partial charge in [0.2, 0.25) is 5.82 Å².